The average Bonchev–Trinajstić information content (AvgIpc) is 1.75. The third kappa shape index (κ3) is 36.5. The Morgan fingerprint density at radius 1 is 0.875 bits per heavy atom. The highest BCUT2D eigenvalue weighted by Gasteiger charge is 1.68. The molecule has 0 saturated carbocycles. The van der Waals surface area contributed by atoms with Gasteiger partial charge in [-0.2, -0.15) is 0 Å². The molecule has 0 atom stereocenters. The Hall–Kier alpha value is 0.0649. The van der Waals surface area contributed by atoms with Gasteiger partial charge in [-0.25, -0.2) is 0 Å². The van der Waals surface area contributed by atoms with Crippen molar-refractivity contribution >= 4 is 8.41 Å². The molecule has 0 aromatic rings. The van der Waals surface area contributed by atoms with Crippen LogP contribution in [0.3, 0.4) is 0 Å². The van der Waals surface area contributed by atoms with Crippen LogP contribution in [0.25, 0.3) is 0 Å². The maximum Gasteiger partial charge on any atom is 0 e. The van der Waals surface area contributed by atoms with Crippen molar-refractivity contribution in [3.8, 4) is 0 Å². The van der Waals surface area contributed by atoms with E-state index in [0.29, 0.717) is 0 Å². The molecule has 0 saturated heterocycles. The average molecular weight is 113 g/mol. The summed E-state index contributed by atoms with van der Waals surface area (Å²) >= 11 is 0. The first-order valence-corrected chi connectivity index (χ1v) is 3.41. The van der Waals surface area contributed by atoms with Gasteiger partial charge >= 0.3 is 0 Å². The molecular weight excluding hydrogens is 94.9 g/mol. The fourth-order valence-electron chi connectivity index (χ4n) is 0.354. The number of hydrogen-bond donors (Lipinski definition) is 0. The summed E-state index contributed by atoms with van der Waals surface area (Å²) < 4.78 is 0. The summed E-state index contributed by atoms with van der Waals surface area (Å²) in [6.07, 6.45) is 4.08. The van der Waals surface area contributed by atoms with E-state index in [4.69, 9.17) is 0 Å². The summed E-state index contributed by atoms with van der Waals surface area (Å²) in [6, 6.07) is 0. The lowest BCUT2D eigenvalue weighted by molar-refractivity contribution is 0.772. The van der Waals surface area contributed by atoms with Crippen molar-refractivity contribution in [2.75, 3.05) is 0 Å². The van der Waals surface area contributed by atoms with Crippen LogP contribution in [-0.4, -0.2) is 8.41 Å². The SMILES string of the molecule is CC.CCCCC.[B]. The third-order valence-electron chi connectivity index (χ3n) is 0.707. The normalized spacial score (nSPS) is 6.00. The summed E-state index contributed by atoms with van der Waals surface area (Å²) in [5.74, 6) is 0. The molecular formula is C7H18B. The second-order valence-corrected chi connectivity index (χ2v) is 1.35. The second-order valence-electron chi connectivity index (χ2n) is 1.35. The quantitative estimate of drug-likeness (QED) is 0.483. The minimum Gasteiger partial charge on any atom is -0.0683 e. The topological polar surface area (TPSA) is 0 Å². The number of hydrogen-bond acceptors (Lipinski definition) is 0. The maximum absolute atomic E-state index is 2.21. The number of rotatable bonds is 2. The maximum atomic E-state index is 2.21. The highest BCUT2D eigenvalue weighted by Crippen LogP contribution is 1.88. The van der Waals surface area contributed by atoms with Gasteiger partial charge in [-0.05, 0) is 0 Å². The zero-order valence-corrected chi connectivity index (χ0v) is 6.70. The molecule has 0 bridgehead atoms. The van der Waals surface area contributed by atoms with E-state index in [1.165, 1.54) is 19.3 Å². The van der Waals surface area contributed by atoms with Crippen LogP contribution in [0.4, 0.5) is 0 Å². The van der Waals surface area contributed by atoms with Crippen molar-refractivity contribution in [2.45, 2.75) is 47.0 Å². The Morgan fingerprint density at radius 2 is 1.12 bits per heavy atom. The molecule has 0 N–H and O–H groups in total. The van der Waals surface area contributed by atoms with Gasteiger partial charge in [0, 0.05) is 8.41 Å². The molecule has 0 aliphatic carbocycles. The Labute approximate surface area is 56.3 Å². The molecule has 0 unspecified atom stereocenters. The largest absolute Gasteiger partial charge is 0.0683 e. The molecule has 1 heteroatoms. The van der Waals surface area contributed by atoms with E-state index in [0.717, 1.165) is 0 Å². The van der Waals surface area contributed by atoms with Crippen LogP contribution >= 0.6 is 0 Å². The number of unbranched alkanes of at least 4 members (excludes halogenated alkanes) is 2. The smallest absolute Gasteiger partial charge is 0 e. The summed E-state index contributed by atoms with van der Waals surface area (Å²) in [4.78, 5) is 0. The predicted octanol–water partition coefficient (Wildman–Crippen LogP) is 2.84. The lowest BCUT2D eigenvalue weighted by atomic mass is 10.3. The Bertz CT molecular complexity index is 11.9. The highest BCUT2D eigenvalue weighted by atomic mass is 13.7. The van der Waals surface area contributed by atoms with E-state index >= 15 is 0 Å². The van der Waals surface area contributed by atoms with E-state index in [1.54, 1.807) is 0 Å². The molecule has 49 valence electrons. The van der Waals surface area contributed by atoms with Crippen LogP contribution in [0.2, 0.25) is 0 Å². The summed E-state index contributed by atoms with van der Waals surface area (Å²) in [5, 5.41) is 0. The Kier molecular flexibility index (Phi) is 54.3. The van der Waals surface area contributed by atoms with Gasteiger partial charge in [-0.1, -0.05) is 47.0 Å². The van der Waals surface area contributed by atoms with Gasteiger partial charge in [0.1, 0.15) is 0 Å². The van der Waals surface area contributed by atoms with Gasteiger partial charge in [0.15, 0.2) is 0 Å². The van der Waals surface area contributed by atoms with Gasteiger partial charge in [0.25, 0.3) is 0 Å². The molecule has 0 aromatic carbocycles. The molecule has 0 nitrogen and oxygen atoms in total. The molecule has 3 radical (unpaired) electrons. The van der Waals surface area contributed by atoms with Crippen molar-refractivity contribution in [3.05, 3.63) is 0 Å². The molecule has 0 amide bonds. The lowest BCUT2D eigenvalue weighted by Crippen LogP contribution is -1.59. The van der Waals surface area contributed by atoms with Gasteiger partial charge in [-0.3, -0.25) is 0 Å². The van der Waals surface area contributed by atoms with E-state index in [-0.39, 0.29) is 8.41 Å². The monoisotopic (exact) mass is 113 g/mol. The van der Waals surface area contributed by atoms with Gasteiger partial charge < -0.3 is 0 Å². The van der Waals surface area contributed by atoms with Crippen molar-refractivity contribution in [1.82, 2.24) is 0 Å². The van der Waals surface area contributed by atoms with Crippen LogP contribution in [0.1, 0.15) is 47.0 Å². The fraction of sp³-hybridized carbons (Fsp3) is 1.00. The third-order valence-corrected chi connectivity index (χ3v) is 0.707. The molecule has 0 rings (SSSR count). The highest BCUT2D eigenvalue weighted by molar-refractivity contribution is 5.75. The molecule has 8 heavy (non-hydrogen) atoms. The van der Waals surface area contributed by atoms with Crippen molar-refractivity contribution in [2.24, 2.45) is 0 Å². The molecule has 0 spiro atoms. The first-order chi connectivity index (χ1) is 3.41. The van der Waals surface area contributed by atoms with Crippen molar-refractivity contribution in [1.29, 1.82) is 0 Å². The molecule has 0 aliphatic rings. The van der Waals surface area contributed by atoms with Crippen molar-refractivity contribution < 1.29 is 0 Å². The first-order valence-electron chi connectivity index (χ1n) is 3.41. The minimum absolute atomic E-state index is 0. The molecule has 0 heterocycles. The Morgan fingerprint density at radius 3 is 1.12 bits per heavy atom. The van der Waals surface area contributed by atoms with E-state index in [9.17, 15) is 0 Å². The minimum atomic E-state index is 0. The van der Waals surface area contributed by atoms with Crippen molar-refractivity contribution in [3.63, 3.8) is 0 Å². The van der Waals surface area contributed by atoms with Gasteiger partial charge in [0.2, 0.25) is 0 Å². The molecule has 0 fully saturated rings. The zero-order valence-electron chi connectivity index (χ0n) is 6.70. The van der Waals surface area contributed by atoms with E-state index < -0.39 is 0 Å². The molecule has 0 aromatic heterocycles. The summed E-state index contributed by atoms with van der Waals surface area (Å²) in [7, 11) is 0. The van der Waals surface area contributed by atoms with Crippen LogP contribution in [0.5, 0.6) is 0 Å². The Balaban J connectivity index is -0.0000000750. The summed E-state index contributed by atoms with van der Waals surface area (Å²) in [5.41, 5.74) is 0. The fourth-order valence-corrected chi connectivity index (χ4v) is 0.354. The van der Waals surface area contributed by atoms with E-state index in [2.05, 4.69) is 13.8 Å². The second kappa shape index (κ2) is 27.7. The van der Waals surface area contributed by atoms with Gasteiger partial charge in [0.05, 0.1) is 0 Å². The molecule has 0 aliphatic heterocycles. The van der Waals surface area contributed by atoms with Gasteiger partial charge in [-0.15, -0.1) is 0 Å². The predicted molar refractivity (Wildman–Crippen MR) is 42.3 cm³/mol. The lowest BCUT2D eigenvalue weighted by Gasteiger charge is -1.79. The van der Waals surface area contributed by atoms with Crippen LogP contribution in [0.15, 0.2) is 0 Å². The van der Waals surface area contributed by atoms with Crippen LogP contribution < -0.4 is 0 Å². The summed E-state index contributed by atoms with van der Waals surface area (Å²) in [6.45, 7) is 8.42. The van der Waals surface area contributed by atoms with Crippen LogP contribution in [0, 0.1) is 0 Å². The first kappa shape index (κ1) is 15.7. The van der Waals surface area contributed by atoms with E-state index in [1.807, 2.05) is 13.8 Å². The van der Waals surface area contributed by atoms with Crippen LogP contribution in [-0.2, 0) is 0 Å². The zero-order chi connectivity index (χ0) is 6.12. The standard InChI is InChI=1S/C5H12.C2H6.B/c1-3-5-4-2;1-2;/h3-5H2,1-2H3;1-2H3;.